The molecule has 0 saturated carbocycles. The Labute approximate surface area is 117 Å². The van der Waals surface area contributed by atoms with Crippen LogP contribution in [0, 0.1) is 0 Å². The molecular formula is C13H28N2O2S. The number of hydrogen-bond donors (Lipinski definition) is 2. The van der Waals surface area contributed by atoms with Crippen LogP contribution in [0.4, 0.5) is 0 Å². The number of ether oxygens (including phenoxy) is 1. The lowest BCUT2D eigenvalue weighted by Crippen LogP contribution is -2.54. The molecule has 0 aliphatic carbocycles. The molecule has 18 heavy (non-hydrogen) atoms. The van der Waals surface area contributed by atoms with E-state index in [1.54, 1.807) is 0 Å². The lowest BCUT2D eigenvalue weighted by Gasteiger charge is -2.45. The third-order valence-electron chi connectivity index (χ3n) is 2.68. The highest BCUT2D eigenvalue weighted by atomic mass is 32.1. The molecule has 0 fully saturated rings. The molecule has 1 unspecified atom stereocenters. The number of carbonyl (C=O) groups excluding carboxylic acids is 1. The fourth-order valence-corrected chi connectivity index (χ4v) is 2.25. The fraction of sp³-hybridized carbons (Fsp3) is 0.923. The van der Waals surface area contributed by atoms with E-state index in [2.05, 4.69) is 59.1 Å². The van der Waals surface area contributed by atoms with Gasteiger partial charge in [0.2, 0.25) is 0 Å². The molecule has 0 saturated heterocycles. The van der Waals surface area contributed by atoms with Crippen LogP contribution in [-0.2, 0) is 9.53 Å². The van der Waals surface area contributed by atoms with Gasteiger partial charge >= 0.3 is 5.97 Å². The topological polar surface area (TPSA) is 55.6 Å². The van der Waals surface area contributed by atoms with Crippen LogP contribution < -0.4 is 5.73 Å². The standard InChI is InChI=1S/C13H28N2O2S/c1-12(2,3)15(13(4,5)6)7-8-17-11(16)10(14)9-18/h10,18H,7-9,14H2,1-6H3. The van der Waals surface area contributed by atoms with E-state index in [9.17, 15) is 4.79 Å². The summed E-state index contributed by atoms with van der Waals surface area (Å²) in [5, 5.41) is 0. The second kappa shape index (κ2) is 6.78. The minimum atomic E-state index is -0.633. The van der Waals surface area contributed by atoms with Crippen LogP contribution in [0.1, 0.15) is 41.5 Å². The molecule has 0 radical (unpaired) electrons. The van der Waals surface area contributed by atoms with Crippen molar-refractivity contribution in [3.63, 3.8) is 0 Å². The highest BCUT2D eigenvalue weighted by Crippen LogP contribution is 2.23. The van der Waals surface area contributed by atoms with Crippen molar-refractivity contribution >= 4 is 18.6 Å². The van der Waals surface area contributed by atoms with E-state index in [-0.39, 0.29) is 17.0 Å². The van der Waals surface area contributed by atoms with E-state index in [1.807, 2.05) is 0 Å². The molecule has 0 bridgehead atoms. The van der Waals surface area contributed by atoms with Crippen molar-refractivity contribution in [3.05, 3.63) is 0 Å². The van der Waals surface area contributed by atoms with Crippen LogP contribution in [0.25, 0.3) is 0 Å². The molecule has 0 aliphatic rings. The molecule has 0 aliphatic heterocycles. The summed E-state index contributed by atoms with van der Waals surface area (Å²) in [4.78, 5) is 13.7. The van der Waals surface area contributed by atoms with E-state index in [0.29, 0.717) is 18.9 Å². The molecule has 1 atom stereocenters. The molecule has 0 aromatic rings. The van der Waals surface area contributed by atoms with Gasteiger partial charge in [0.05, 0.1) is 0 Å². The van der Waals surface area contributed by atoms with Gasteiger partial charge in [0.15, 0.2) is 0 Å². The Kier molecular flexibility index (Phi) is 6.68. The van der Waals surface area contributed by atoms with Gasteiger partial charge in [0, 0.05) is 23.4 Å². The summed E-state index contributed by atoms with van der Waals surface area (Å²) in [6.07, 6.45) is 0. The average molecular weight is 276 g/mol. The Bertz CT molecular complexity index is 255. The summed E-state index contributed by atoms with van der Waals surface area (Å²) < 4.78 is 5.16. The van der Waals surface area contributed by atoms with Crippen molar-refractivity contribution in [3.8, 4) is 0 Å². The first kappa shape index (κ1) is 17.7. The maximum Gasteiger partial charge on any atom is 0.323 e. The van der Waals surface area contributed by atoms with E-state index in [0.717, 1.165) is 0 Å². The van der Waals surface area contributed by atoms with Crippen molar-refractivity contribution in [2.75, 3.05) is 18.9 Å². The molecule has 2 N–H and O–H groups in total. The highest BCUT2D eigenvalue weighted by Gasteiger charge is 2.31. The first-order chi connectivity index (χ1) is 8.00. The molecular weight excluding hydrogens is 248 g/mol. The minimum absolute atomic E-state index is 0.0241. The van der Waals surface area contributed by atoms with Crippen LogP contribution in [-0.4, -0.2) is 46.9 Å². The third-order valence-corrected chi connectivity index (χ3v) is 3.07. The SMILES string of the molecule is CC(C)(C)N(CCOC(=O)C(N)CS)C(C)(C)C. The first-order valence-electron chi connectivity index (χ1n) is 6.31. The highest BCUT2D eigenvalue weighted by molar-refractivity contribution is 7.80. The maximum atomic E-state index is 11.4. The normalized spacial score (nSPS) is 14.7. The predicted octanol–water partition coefficient (Wildman–Crippen LogP) is 1.69. The average Bonchev–Trinajstić information content (AvgIpc) is 2.19. The van der Waals surface area contributed by atoms with Crippen molar-refractivity contribution in [1.29, 1.82) is 0 Å². The second-order valence-electron chi connectivity index (χ2n) is 6.45. The maximum absolute atomic E-state index is 11.4. The Balaban J connectivity index is 4.36. The van der Waals surface area contributed by atoms with Gasteiger partial charge in [0.1, 0.15) is 12.6 Å². The molecule has 0 heterocycles. The lowest BCUT2D eigenvalue weighted by molar-refractivity contribution is -0.146. The molecule has 0 amide bonds. The minimum Gasteiger partial charge on any atom is -0.463 e. The summed E-state index contributed by atoms with van der Waals surface area (Å²) in [6.45, 7) is 14.0. The number of nitrogens with two attached hydrogens (primary N) is 1. The van der Waals surface area contributed by atoms with Crippen LogP contribution in [0.5, 0.6) is 0 Å². The zero-order valence-corrected chi connectivity index (χ0v) is 13.4. The number of esters is 1. The fourth-order valence-electron chi connectivity index (χ4n) is 2.10. The molecule has 0 rings (SSSR count). The molecule has 0 aromatic heterocycles. The summed E-state index contributed by atoms with van der Waals surface area (Å²) in [5.41, 5.74) is 5.59. The van der Waals surface area contributed by atoms with Gasteiger partial charge in [-0.2, -0.15) is 12.6 Å². The van der Waals surface area contributed by atoms with Gasteiger partial charge in [-0.05, 0) is 41.5 Å². The van der Waals surface area contributed by atoms with Gasteiger partial charge in [0.25, 0.3) is 0 Å². The number of nitrogens with zero attached hydrogens (tertiary/aromatic N) is 1. The quantitative estimate of drug-likeness (QED) is 0.592. The lowest BCUT2D eigenvalue weighted by atomic mass is 9.96. The predicted molar refractivity (Wildman–Crippen MR) is 79.0 cm³/mol. The molecule has 108 valence electrons. The van der Waals surface area contributed by atoms with Crippen molar-refractivity contribution in [2.45, 2.75) is 58.7 Å². The Morgan fingerprint density at radius 2 is 1.67 bits per heavy atom. The van der Waals surface area contributed by atoms with Gasteiger partial charge in [-0.25, -0.2) is 0 Å². The number of rotatable bonds is 5. The van der Waals surface area contributed by atoms with Gasteiger partial charge in [-0.3, -0.25) is 9.69 Å². The Hall–Kier alpha value is -0.260. The van der Waals surface area contributed by atoms with E-state index >= 15 is 0 Å². The molecule has 0 spiro atoms. The van der Waals surface area contributed by atoms with Crippen LogP contribution in [0.15, 0.2) is 0 Å². The largest absolute Gasteiger partial charge is 0.463 e. The van der Waals surface area contributed by atoms with Crippen LogP contribution in [0.3, 0.4) is 0 Å². The van der Waals surface area contributed by atoms with Crippen molar-refractivity contribution in [1.82, 2.24) is 4.90 Å². The molecule has 4 nitrogen and oxygen atoms in total. The van der Waals surface area contributed by atoms with Gasteiger partial charge in [-0.15, -0.1) is 0 Å². The summed E-state index contributed by atoms with van der Waals surface area (Å²) in [6, 6.07) is -0.633. The first-order valence-corrected chi connectivity index (χ1v) is 6.94. The summed E-state index contributed by atoms with van der Waals surface area (Å²) in [5.74, 6) is -0.0751. The number of hydrogen-bond acceptors (Lipinski definition) is 5. The van der Waals surface area contributed by atoms with Gasteiger partial charge in [-0.1, -0.05) is 0 Å². The zero-order valence-electron chi connectivity index (χ0n) is 12.5. The van der Waals surface area contributed by atoms with E-state index < -0.39 is 6.04 Å². The van der Waals surface area contributed by atoms with E-state index in [4.69, 9.17) is 10.5 Å². The zero-order chi connectivity index (χ0) is 14.6. The number of carbonyl (C=O) groups is 1. The monoisotopic (exact) mass is 276 g/mol. The van der Waals surface area contributed by atoms with Crippen LogP contribution in [0.2, 0.25) is 0 Å². The Morgan fingerprint density at radius 3 is 2.00 bits per heavy atom. The van der Waals surface area contributed by atoms with Crippen molar-refractivity contribution < 1.29 is 9.53 Å². The van der Waals surface area contributed by atoms with Gasteiger partial charge < -0.3 is 10.5 Å². The number of thiol groups is 1. The smallest absolute Gasteiger partial charge is 0.323 e. The molecule has 5 heteroatoms. The molecule has 0 aromatic carbocycles. The second-order valence-corrected chi connectivity index (χ2v) is 6.81. The van der Waals surface area contributed by atoms with Crippen LogP contribution >= 0.6 is 12.6 Å². The Morgan fingerprint density at radius 1 is 1.22 bits per heavy atom. The third kappa shape index (κ3) is 6.07. The van der Waals surface area contributed by atoms with E-state index in [1.165, 1.54) is 0 Å². The van der Waals surface area contributed by atoms with Crippen molar-refractivity contribution in [2.24, 2.45) is 5.73 Å². The summed E-state index contributed by atoms with van der Waals surface area (Å²) in [7, 11) is 0. The summed E-state index contributed by atoms with van der Waals surface area (Å²) >= 11 is 3.97.